The Balaban J connectivity index is 1.12. The van der Waals surface area contributed by atoms with Gasteiger partial charge in [-0.1, -0.05) is 84.9 Å². The number of aromatic nitrogens is 2. The number of para-hydroxylation sites is 2. The van der Waals surface area contributed by atoms with Crippen LogP contribution in [0.2, 0.25) is 0 Å². The molecule has 0 fully saturated rings. The van der Waals surface area contributed by atoms with Crippen molar-refractivity contribution >= 4 is 11.8 Å². The molecule has 2 atom stereocenters. The molecule has 4 aliphatic heterocycles. The number of carbonyl (C=O) groups is 2. The van der Waals surface area contributed by atoms with E-state index >= 15 is 4.39 Å². The number of carbonyl (C=O) groups excluding carboxylic acids is 2. The van der Waals surface area contributed by atoms with Crippen molar-refractivity contribution in [1.82, 2.24) is 19.2 Å². The normalized spacial score (nSPS) is 19.1. The molecule has 14 nitrogen and oxygen atoms in total. The third-order valence-electron chi connectivity index (χ3n) is 11.5. The summed E-state index contributed by atoms with van der Waals surface area (Å²) in [7, 11) is 0. The fraction of sp³-hybridized carbons (Fsp3) is 0.167. The minimum absolute atomic E-state index is 0.0358. The third kappa shape index (κ3) is 6.92. The number of aromatic hydroxyl groups is 1. The average Bonchev–Trinajstić information content (AvgIpc) is 3.35. The molecule has 15 heteroatoms. The number of halogens is 1. The van der Waals surface area contributed by atoms with E-state index in [0.29, 0.717) is 22.4 Å². The van der Waals surface area contributed by atoms with E-state index in [9.17, 15) is 24.3 Å². The number of hydrogen-bond acceptors (Lipinski definition) is 10. The molecule has 0 saturated carbocycles. The lowest BCUT2D eigenvalue weighted by Gasteiger charge is -2.44. The van der Waals surface area contributed by atoms with Gasteiger partial charge in [-0.25, -0.2) is 4.39 Å². The van der Waals surface area contributed by atoms with E-state index in [1.54, 1.807) is 64.2 Å². The largest absolute Gasteiger partial charge is 0.502 e. The van der Waals surface area contributed by atoms with Crippen LogP contribution in [0.4, 0.5) is 4.39 Å². The van der Waals surface area contributed by atoms with Crippen molar-refractivity contribution in [3.05, 3.63) is 206 Å². The first kappa shape index (κ1) is 39.1. The van der Waals surface area contributed by atoms with Crippen molar-refractivity contribution in [2.45, 2.75) is 12.1 Å². The summed E-state index contributed by atoms with van der Waals surface area (Å²) in [5.74, 6) is -1.58. The van der Waals surface area contributed by atoms with Gasteiger partial charge in [-0.2, -0.15) is 0 Å². The van der Waals surface area contributed by atoms with Crippen molar-refractivity contribution in [3.8, 4) is 28.7 Å². The molecule has 2 unspecified atom stereocenters. The van der Waals surface area contributed by atoms with Crippen LogP contribution in [-0.4, -0.2) is 75.7 Å². The highest BCUT2D eigenvalue weighted by Gasteiger charge is 2.40. The fourth-order valence-corrected chi connectivity index (χ4v) is 8.62. The lowest BCUT2D eigenvalue weighted by Crippen LogP contribution is -2.55. The molecule has 316 valence electrons. The van der Waals surface area contributed by atoms with E-state index in [-0.39, 0.29) is 68.3 Å². The Kier molecular flexibility index (Phi) is 9.98. The maximum absolute atomic E-state index is 15.6. The summed E-state index contributed by atoms with van der Waals surface area (Å²) in [6, 6.07) is 29.8. The molecule has 0 saturated heterocycles. The van der Waals surface area contributed by atoms with Gasteiger partial charge in [0, 0.05) is 48.7 Å². The summed E-state index contributed by atoms with van der Waals surface area (Å²) in [4.78, 5) is 58.4. The van der Waals surface area contributed by atoms with E-state index in [0.717, 1.165) is 5.56 Å². The zero-order valence-electron chi connectivity index (χ0n) is 33.6. The molecule has 1 N–H and O–H groups in total. The van der Waals surface area contributed by atoms with Crippen LogP contribution in [0.3, 0.4) is 0 Å². The molecule has 4 aromatic carbocycles. The SMILES string of the molecule is O=C1c2c(O)c(=O)ccn2N2CN1C/C=C\COc1ccccc1C2c1cccc(Oc2c3n(ccc2=O)N2CN(C/C=C\COc4c(F)cccc4C2c2ccccc2)C3=O)c1. The van der Waals surface area contributed by atoms with Gasteiger partial charge in [-0.15, -0.1) is 0 Å². The number of benzene rings is 4. The van der Waals surface area contributed by atoms with Crippen molar-refractivity contribution in [2.75, 3.05) is 49.7 Å². The number of rotatable bonds is 4. The van der Waals surface area contributed by atoms with Crippen LogP contribution in [-0.2, 0) is 0 Å². The van der Waals surface area contributed by atoms with Crippen LogP contribution in [0.1, 0.15) is 55.3 Å². The van der Waals surface area contributed by atoms with E-state index in [2.05, 4.69) is 0 Å². The number of ether oxygens (including phenoxy) is 3. The highest BCUT2D eigenvalue weighted by atomic mass is 19.1. The minimum Gasteiger partial charge on any atom is -0.502 e. The summed E-state index contributed by atoms with van der Waals surface area (Å²) >= 11 is 0. The number of pyridine rings is 2. The van der Waals surface area contributed by atoms with Crippen LogP contribution < -0.4 is 35.1 Å². The first-order valence-corrected chi connectivity index (χ1v) is 20.3. The van der Waals surface area contributed by atoms with Gasteiger partial charge in [0.2, 0.25) is 16.6 Å². The van der Waals surface area contributed by atoms with Gasteiger partial charge in [0.25, 0.3) is 11.8 Å². The number of fused-ring (bicyclic) bond motifs is 10. The second kappa shape index (κ2) is 16.1. The highest BCUT2D eigenvalue weighted by Crippen LogP contribution is 2.41. The highest BCUT2D eigenvalue weighted by molar-refractivity contribution is 5.97. The van der Waals surface area contributed by atoms with Crippen LogP contribution in [0.25, 0.3) is 0 Å². The summed E-state index contributed by atoms with van der Waals surface area (Å²) in [5, 5.41) is 14.7. The monoisotopic (exact) mass is 846 g/mol. The molecule has 4 aliphatic rings. The van der Waals surface area contributed by atoms with Crippen molar-refractivity contribution in [2.24, 2.45) is 0 Å². The van der Waals surface area contributed by atoms with Gasteiger partial charge in [0.1, 0.15) is 50.1 Å². The standard InChI is InChI=1S/C48H39FN6O8/c49-36-18-11-17-35-40(31-12-2-1-3-13-31)54-30-51(23-7-9-27-62-45(35)36)48(60)43-46(38(57)21-25-53(43)54)63-33-15-10-14-32(28-33)41-34-16-4-5-19-39(34)61-26-8-6-22-50-29-55(41)52-24-20-37(56)44(58)42(52)47(50)59/h1-21,24-25,28,40-41,58H,22-23,26-27,29-30H2/b8-6-,9-7-. The maximum Gasteiger partial charge on any atom is 0.278 e. The fourth-order valence-electron chi connectivity index (χ4n) is 8.62. The Morgan fingerprint density at radius 3 is 1.97 bits per heavy atom. The van der Waals surface area contributed by atoms with Crippen molar-refractivity contribution < 1.29 is 33.3 Å². The Hall–Kier alpha value is -8.07. The minimum atomic E-state index is -0.729. The smallest absolute Gasteiger partial charge is 0.278 e. The summed E-state index contributed by atoms with van der Waals surface area (Å²) in [6.07, 6.45) is 10.1. The number of amides is 2. The van der Waals surface area contributed by atoms with E-state index in [1.807, 2.05) is 70.7 Å². The molecular formula is C48H39FN6O8. The topological polar surface area (TPSA) is 139 Å². The second-order valence-corrected chi connectivity index (χ2v) is 15.3. The summed E-state index contributed by atoms with van der Waals surface area (Å²) in [5.41, 5.74) is 1.15. The Morgan fingerprint density at radius 2 is 1.21 bits per heavy atom. The molecule has 0 radical (unpaired) electrons. The maximum atomic E-state index is 15.6. The molecule has 2 aromatic heterocycles. The van der Waals surface area contributed by atoms with Gasteiger partial charge in [-0.3, -0.25) is 38.5 Å². The Morgan fingerprint density at radius 1 is 0.603 bits per heavy atom. The molecule has 4 bridgehead atoms. The molecule has 6 heterocycles. The second-order valence-electron chi connectivity index (χ2n) is 15.3. The molecule has 2 amide bonds. The molecule has 0 aliphatic carbocycles. The van der Waals surface area contributed by atoms with Crippen molar-refractivity contribution in [3.63, 3.8) is 0 Å². The van der Waals surface area contributed by atoms with E-state index < -0.39 is 46.3 Å². The lowest BCUT2D eigenvalue weighted by atomic mass is 9.96. The van der Waals surface area contributed by atoms with E-state index in [1.165, 1.54) is 40.2 Å². The Labute approximate surface area is 359 Å². The molecule has 10 rings (SSSR count). The lowest BCUT2D eigenvalue weighted by molar-refractivity contribution is 0.0694. The molecule has 6 aromatic rings. The number of nitrogens with zero attached hydrogens (tertiary/aromatic N) is 6. The quantitative estimate of drug-likeness (QED) is 0.216. The van der Waals surface area contributed by atoms with Crippen molar-refractivity contribution in [1.29, 1.82) is 0 Å². The molecule has 0 spiro atoms. The predicted molar refractivity (Wildman–Crippen MR) is 230 cm³/mol. The Bertz CT molecular complexity index is 2970. The number of hydrogen-bond donors (Lipinski definition) is 1. The van der Waals surface area contributed by atoms with Crippen LogP contribution in [0.5, 0.6) is 28.7 Å². The summed E-state index contributed by atoms with van der Waals surface area (Å²) in [6.45, 7) is 0.731. The van der Waals surface area contributed by atoms with Gasteiger partial charge in [-0.05, 0) is 47.5 Å². The first-order valence-electron chi connectivity index (χ1n) is 20.3. The van der Waals surface area contributed by atoms with Crippen LogP contribution in [0.15, 0.2) is 155 Å². The van der Waals surface area contributed by atoms with Gasteiger partial charge in [0.05, 0.1) is 0 Å². The van der Waals surface area contributed by atoms with Gasteiger partial charge in [0.15, 0.2) is 28.7 Å². The average molecular weight is 847 g/mol. The zero-order valence-corrected chi connectivity index (χ0v) is 33.6. The van der Waals surface area contributed by atoms with Crippen LogP contribution in [0, 0.1) is 5.82 Å². The predicted octanol–water partition coefficient (Wildman–Crippen LogP) is 5.83. The molecular weight excluding hydrogens is 808 g/mol. The first-order chi connectivity index (χ1) is 30.8. The molecule has 63 heavy (non-hydrogen) atoms. The van der Waals surface area contributed by atoms with Crippen LogP contribution >= 0.6 is 0 Å². The van der Waals surface area contributed by atoms with E-state index in [4.69, 9.17) is 14.2 Å². The zero-order chi connectivity index (χ0) is 43.2. The third-order valence-corrected chi connectivity index (χ3v) is 11.5. The summed E-state index contributed by atoms with van der Waals surface area (Å²) < 4.78 is 37.6. The van der Waals surface area contributed by atoms with Gasteiger partial charge < -0.3 is 29.1 Å². The van der Waals surface area contributed by atoms with Gasteiger partial charge >= 0.3 is 0 Å².